The molecule has 0 saturated heterocycles. The van der Waals surface area contributed by atoms with Gasteiger partial charge in [0.2, 0.25) is 0 Å². The maximum Gasteiger partial charge on any atom is 0.131 e. The molecule has 0 aromatic heterocycles. The second-order valence-corrected chi connectivity index (χ2v) is 4.31. The van der Waals surface area contributed by atoms with E-state index >= 15 is 0 Å². The second kappa shape index (κ2) is 5.27. The Hall–Kier alpha value is -1.74. The molecule has 0 aliphatic carbocycles. The molecule has 2 aromatic carbocycles. The largest absolute Gasteiger partial charge is 0.316 e. The monoisotopic (exact) mass is 247 g/mol. The van der Waals surface area contributed by atoms with Crippen molar-refractivity contribution in [1.82, 2.24) is 5.32 Å². The maximum atomic E-state index is 13.8. The molecular weight excluding hydrogens is 232 g/mol. The number of hydrogen-bond donors (Lipinski definition) is 1. The number of hydrogen-bond acceptors (Lipinski definition) is 1. The lowest BCUT2D eigenvalue weighted by Crippen LogP contribution is -2.04. The highest BCUT2D eigenvalue weighted by Crippen LogP contribution is 2.25. The quantitative estimate of drug-likeness (QED) is 0.872. The highest BCUT2D eigenvalue weighted by molar-refractivity contribution is 5.65. The molecule has 0 fully saturated rings. The van der Waals surface area contributed by atoms with Crippen LogP contribution in [0.25, 0.3) is 11.1 Å². The summed E-state index contributed by atoms with van der Waals surface area (Å²) in [4.78, 5) is 0. The molecule has 0 bridgehead atoms. The second-order valence-electron chi connectivity index (χ2n) is 4.31. The van der Waals surface area contributed by atoms with Gasteiger partial charge >= 0.3 is 0 Å². The molecule has 2 aromatic rings. The zero-order chi connectivity index (χ0) is 13.1. The van der Waals surface area contributed by atoms with Crippen LogP contribution in [0.15, 0.2) is 36.4 Å². The molecule has 94 valence electrons. The summed E-state index contributed by atoms with van der Waals surface area (Å²) in [7, 11) is 1.86. The average Bonchev–Trinajstić information content (AvgIpc) is 2.35. The molecule has 0 heterocycles. The molecule has 0 aliphatic rings. The fourth-order valence-electron chi connectivity index (χ4n) is 1.87. The zero-order valence-corrected chi connectivity index (χ0v) is 10.4. The van der Waals surface area contributed by atoms with Gasteiger partial charge in [-0.15, -0.1) is 0 Å². The minimum absolute atomic E-state index is 0.300. The zero-order valence-electron chi connectivity index (χ0n) is 10.4. The lowest BCUT2D eigenvalue weighted by molar-refractivity contribution is 0.595. The lowest BCUT2D eigenvalue weighted by Gasteiger charge is -2.07. The van der Waals surface area contributed by atoms with Gasteiger partial charge in [-0.25, -0.2) is 8.78 Å². The van der Waals surface area contributed by atoms with E-state index in [1.807, 2.05) is 19.2 Å². The Bertz CT molecular complexity index is 547. The molecule has 1 nitrogen and oxygen atoms in total. The summed E-state index contributed by atoms with van der Waals surface area (Å²) in [5.41, 5.74) is 2.41. The Kier molecular flexibility index (Phi) is 3.72. The molecule has 0 spiro atoms. The summed E-state index contributed by atoms with van der Waals surface area (Å²) in [5, 5.41) is 3.04. The molecule has 0 unspecified atom stereocenters. The van der Waals surface area contributed by atoms with Gasteiger partial charge in [0.1, 0.15) is 11.6 Å². The van der Waals surface area contributed by atoms with Crippen LogP contribution in [-0.4, -0.2) is 7.05 Å². The number of aryl methyl sites for hydroxylation is 1. The molecule has 18 heavy (non-hydrogen) atoms. The first-order valence-electron chi connectivity index (χ1n) is 5.81. The van der Waals surface area contributed by atoms with Gasteiger partial charge in [0, 0.05) is 12.1 Å². The van der Waals surface area contributed by atoms with Gasteiger partial charge < -0.3 is 5.32 Å². The molecular formula is C15H15F2N. The van der Waals surface area contributed by atoms with E-state index in [-0.39, 0.29) is 5.82 Å². The van der Waals surface area contributed by atoms with Crippen LogP contribution in [0.3, 0.4) is 0 Å². The van der Waals surface area contributed by atoms with Crippen LogP contribution in [0.2, 0.25) is 0 Å². The first-order chi connectivity index (χ1) is 8.61. The van der Waals surface area contributed by atoms with E-state index in [1.54, 1.807) is 19.1 Å². The van der Waals surface area contributed by atoms with Crippen molar-refractivity contribution < 1.29 is 8.78 Å². The summed E-state index contributed by atoms with van der Waals surface area (Å²) in [5.74, 6) is -0.777. The van der Waals surface area contributed by atoms with Crippen LogP contribution < -0.4 is 5.32 Å². The van der Waals surface area contributed by atoms with Crippen molar-refractivity contribution in [2.45, 2.75) is 13.5 Å². The first-order valence-corrected chi connectivity index (χ1v) is 5.81. The van der Waals surface area contributed by atoms with Gasteiger partial charge in [0.05, 0.1) is 0 Å². The minimum Gasteiger partial charge on any atom is -0.316 e. The van der Waals surface area contributed by atoms with Gasteiger partial charge in [0.15, 0.2) is 0 Å². The van der Waals surface area contributed by atoms with Crippen molar-refractivity contribution in [3.63, 3.8) is 0 Å². The Balaban J connectivity index is 2.39. The van der Waals surface area contributed by atoms with E-state index in [1.165, 1.54) is 12.1 Å². The van der Waals surface area contributed by atoms with Crippen molar-refractivity contribution in [2.75, 3.05) is 7.05 Å². The van der Waals surface area contributed by atoms with Crippen molar-refractivity contribution in [1.29, 1.82) is 0 Å². The Morgan fingerprint density at radius 3 is 2.28 bits per heavy atom. The van der Waals surface area contributed by atoms with Crippen LogP contribution in [0.1, 0.15) is 11.1 Å². The van der Waals surface area contributed by atoms with E-state index in [4.69, 9.17) is 0 Å². The number of rotatable bonds is 3. The minimum atomic E-state index is -0.393. The standard InChI is InChI=1S/C15H15F2N/c1-10-7-15(17)13(8-14(10)16)12-5-3-11(4-6-12)9-18-2/h3-8,18H,9H2,1-2H3. The third-order valence-electron chi connectivity index (χ3n) is 2.89. The van der Waals surface area contributed by atoms with Crippen LogP contribution in [0.4, 0.5) is 8.78 Å². The van der Waals surface area contributed by atoms with Gasteiger partial charge in [-0.05, 0) is 42.8 Å². The van der Waals surface area contributed by atoms with Crippen LogP contribution >= 0.6 is 0 Å². The predicted molar refractivity (Wildman–Crippen MR) is 69.3 cm³/mol. The molecule has 3 heteroatoms. The SMILES string of the molecule is CNCc1ccc(-c2cc(F)c(C)cc2F)cc1. The number of halogens is 2. The molecule has 0 radical (unpaired) electrons. The van der Waals surface area contributed by atoms with Crippen LogP contribution in [0.5, 0.6) is 0 Å². The van der Waals surface area contributed by atoms with E-state index in [0.717, 1.165) is 12.1 Å². The molecule has 1 N–H and O–H groups in total. The fraction of sp³-hybridized carbons (Fsp3) is 0.200. The summed E-state index contributed by atoms with van der Waals surface area (Å²) < 4.78 is 27.3. The van der Waals surface area contributed by atoms with E-state index in [2.05, 4.69) is 5.32 Å². The summed E-state index contributed by atoms with van der Waals surface area (Å²) in [6, 6.07) is 9.90. The Morgan fingerprint density at radius 1 is 1.00 bits per heavy atom. The van der Waals surface area contributed by atoms with Crippen molar-refractivity contribution in [3.8, 4) is 11.1 Å². The lowest BCUT2D eigenvalue weighted by atomic mass is 10.0. The van der Waals surface area contributed by atoms with Crippen molar-refractivity contribution in [2.24, 2.45) is 0 Å². The predicted octanol–water partition coefficient (Wildman–Crippen LogP) is 3.66. The molecule has 0 saturated carbocycles. The highest BCUT2D eigenvalue weighted by Gasteiger charge is 2.09. The Labute approximate surface area is 105 Å². The van der Waals surface area contributed by atoms with E-state index < -0.39 is 5.82 Å². The van der Waals surface area contributed by atoms with Crippen LogP contribution in [0, 0.1) is 18.6 Å². The fourth-order valence-corrected chi connectivity index (χ4v) is 1.87. The summed E-state index contributed by atoms with van der Waals surface area (Å²) >= 11 is 0. The Morgan fingerprint density at radius 2 is 1.67 bits per heavy atom. The maximum absolute atomic E-state index is 13.8. The van der Waals surface area contributed by atoms with Crippen molar-refractivity contribution >= 4 is 0 Å². The third kappa shape index (κ3) is 2.57. The molecule has 0 amide bonds. The van der Waals surface area contributed by atoms with Gasteiger partial charge in [0.25, 0.3) is 0 Å². The average molecular weight is 247 g/mol. The van der Waals surface area contributed by atoms with Crippen molar-refractivity contribution in [3.05, 3.63) is 59.2 Å². The highest BCUT2D eigenvalue weighted by atomic mass is 19.1. The van der Waals surface area contributed by atoms with Crippen LogP contribution in [-0.2, 0) is 6.54 Å². The smallest absolute Gasteiger partial charge is 0.131 e. The van der Waals surface area contributed by atoms with E-state index in [9.17, 15) is 8.78 Å². The topological polar surface area (TPSA) is 12.0 Å². The van der Waals surface area contributed by atoms with Gasteiger partial charge in [-0.3, -0.25) is 0 Å². The van der Waals surface area contributed by atoms with E-state index in [0.29, 0.717) is 16.7 Å². The normalized spacial score (nSPS) is 10.7. The summed E-state index contributed by atoms with van der Waals surface area (Å²) in [6.45, 7) is 2.31. The number of benzene rings is 2. The molecule has 0 atom stereocenters. The molecule has 0 aliphatic heterocycles. The summed E-state index contributed by atoms with van der Waals surface area (Å²) in [6.07, 6.45) is 0. The first kappa shape index (κ1) is 12.7. The molecule has 2 rings (SSSR count). The third-order valence-corrected chi connectivity index (χ3v) is 2.89. The van der Waals surface area contributed by atoms with Gasteiger partial charge in [-0.1, -0.05) is 24.3 Å². The number of nitrogens with one attached hydrogen (secondary N) is 1. The van der Waals surface area contributed by atoms with Gasteiger partial charge in [-0.2, -0.15) is 0 Å².